The second kappa shape index (κ2) is 7.57. The second-order valence-electron chi connectivity index (χ2n) is 6.11. The van der Waals surface area contributed by atoms with Crippen molar-refractivity contribution in [2.45, 2.75) is 88.1 Å². The summed E-state index contributed by atoms with van der Waals surface area (Å²) < 4.78 is 0. The number of unbranched alkanes of at least 4 members (excludes halogenated alkanes) is 4. The minimum absolute atomic E-state index is 0.424. The summed E-state index contributed by atoms with van der Waals surface area (Å²) in [4.78, 5) is 12.3. The van der Waals surface area contributed by atoms with Crippen molar-refractivity contribution in [2.24, 2.45) is 5.92 Å². The zero-order valence-electron chi connectivity index (χ0n) is 11.8. The summed E-state index contributed by atoms with van der Waals surface area (Å²) >= 11 is 2.18. The van der Waals surface area contributed by atoms with Crippen LogP contribution in [0.5, 0.6) is 0 Å². The first-order valence-electron chi connectivity index (χ1n) is 7.97. The lowest BCUT2D eigenvalue weighted by molar-refractivity contribution is -0.123. The molecule has 0 N–H and O–H groups in total. The third-order valence-corrected chi connectivity index (χ3v) is 6.14. The number of ketones is 1. The predicted molar refractivity (Wildman–Crippen MR) is 80.1 cm³/mol. The van der Waals surface area contributed by atoms with Crippen LogP contribution in [0.2, 0.25) is 0 Å². The van der Waals surface area contributed by atoms with Crippen molar-refractivity contribution in [2.75, 3.05) is 0 Å². The fourth-order valence-corrected chi connectivity index (χ4v) is 5.27. The van der Waals surface area contributed by atoms with Crippen LogP contribution in [0.25, 0.3) is 0 Å². The molecule has 0 aromatic carbocycles. The van der Waals surface area contributed by atoms with Gasteiger partial charge in [-0.3, -0.25) is 4.79 Å². The summed E-state index contributed by atoms with van der Waals surface area (Å²) in [5, 5.41) is 1.62. The van der Waals surface area contributed by atoms with Crippen LogP contribution >= 0.6 is 11.8 Å². The van der Waals surface area contributed by atoms with E-state index in [0.29, 0.717) is 11.7 Å². The summed E-state index contributed by atoms with van der Waals surface area (Å²) in [7, 11) is 0. The highest BCUT2D eigenvalue weighted by atomic mass is 32.2. The number of thioether (sulfide) groups is 1. The van der Waals surface area contributed by atoms with E-state index in [0.717, 1.165) is 23.3 Å². The quantitative estimate of drug-likeness (QED) is 0.606. The summed E-state index contributed by atoms with van der Waals surface area (Å²) in [6.45, 7) is 2.24. The van der Waals surface area contributed by atoms with E-state index >= 15 is 0 Å². The average molecular weight is 268 g/mol. The molecule has 2 unspecified atom stereocenters. The van der Waals surface area contributed by atoms with Gasteiger partial charge in [0.2, 0.25) is 0 Å². The van der Waals surface area contributed by atoms with Crippen LogP contribution in [0.15, 0.2) is 0 Å². The zero-order chi connectivity index (χ0) is 12.8. The Morgan fingerprint density at radius 1 is 1.06 bits per heavy atom. The van der Waals surface area contributed by atoms with Crippen molar-refractivity contribution in [1.82, 2.24) is 0 Å². The highest BCUT2D eigenvalue weighted by Gasteiger charge is 2.34. The molecule has 0 saturated carbocycles. The lowest BCUT2D eigenvalue weighted by atomic mass is 9.85. The number of carbonyl (C=O) groups excluding carboxylic acids is 1. The van der Waals surface area contributed by atoms with Gasteiger partial charge in [0, 0.05) is 22.8 Å². The Hall–Kier alpha value is 0.0200. The maximum absolute atomic E-state index is 12.3. The summed E-state index contributed by atoms with van der Waals surface area (Å²) in [5.41, 5.74) is 0. The molecule has 2 heteroatoms. The van der Waals surface area contributed by atoms with E-state index < -0.39 is 0 Å². The van der Waals surface area contributed by atoms with Gasteiger partial charge in [-0.15, -0.1) is 0 Å². The molecule has 2 fully saturated rings. The molecule has 2 bridgehead atoms. The third-order valence-electron chi connectivity index (χ3n) is 4.51. The van der Waals surface area contributed by atoms with Gasteiger partial charge < -0.3 is 0 Å². The standard InChI is InChI=1S/C16H28OS/c1-2-3-4-5-6-10-16(17)13-11-14-8-7-9-15(12-13)18-14/h13-15H,2-12H2,1H3. The number of carbonyl (C=O) groups is 1. The first-order valence-corrected chi connectivity index (χ1v) is 8.92. The topological polar surface area (TPSA) is 17.1 Å². The maximum atomic E-state index is 12.3. The molecule has 2 saturated heterocycles. The van der Waals surface area contributed by atoms with Crippen molar-refractivity contribution in [3.8, 4) is 0 Å². The normalized spacial score (nSPS) is 31.3. The highest BCUT2D eigenvalue weighted by molar-refractivity contribution is 8.00. The smallest absolute Gasteiger partial charge is 0.136 e. The number of rotatable bonds is 7. The third kappa shape index (κ3) is 4.29. The molecule has 2 aliphatic heterocycles. The molecule has 2 aliphatic rings. The molecular weight excluding hydrogens is 240 g/mol. The Morgan fingerprint density at radius 2 is 1.72 bits per heavy atom. The molecule has 2 rings (SSSR count). The fourth-order valence-electron chi connectivity index (χ4n) is 3.43. The van der Waals surface area contributed by atoms with E-state index in [2.05, 4.69) is 18.7 Å². The van der Waals surface area contributed by atoms with Gasteiger partial charge in [-0.25, -0.2) is 0 Å². The van der Waals surface area contributed by atoms with Gasteiger partial charge >= 0.3 is 0 Å². The Bertz CT molecular complexity index is 252. The van der Waals surface area contributed by atoms with Crippen LogP contribution < -0.4 is 0 Å². The minimum atomic E-state index is 0.424. The van der Waals surface area contributed by atoms with Crippen LogP contribution in [0, 0.1) is 5.92 Å². The number of hydrogen-bond donors (Lipinski definition) is 0. The molecule has 0 spiro atoms. The molecule has 104 valence electrons. The van der Waals surface area contributed by atoms with Crippen molar-refractivity contribution in [3.05, 3.63) is 0 Å². The maximum Gasteiger partial charge on any atom is 0.136 e. The van der Waals surface area contributed by atoms with Gasteiger partial charge in [0.05, 0.1) is 0 Å². The largest absolute Gasteiger partial charge is 0.299 e. The molecule has 18 heavy (non-hydrogen) atoms. The number of hydrogen-bond acceptors (Lipinski definition) is 2. The molecule has 0 aromatic rings. The highest BCUT2D eigenvalue weighted by Crippen LogP contribution is 2.44. The lowest BCUT2D eigenvalue weighted by Crippen LogP contribution is -2.32. The van der Waals surface area contributed by atoms with E-state index in [-0.39, 0.29) is 0 Å². The van der Waals surface area contributed by atoms with Gasteiger partial charge in [-0.05, 0) is 32.1 Å². The Morgan fingerprint density at radius 3 is 2.39 bits per heavy atom. The SMILES string of the molecule is CCCCCCCC(=O)C1CC2CCCC(C1)S2. The Kier molecular flexibility index (Phi) is 6.07. The zero-order valence-corrected chi connectivity index (χ0v) is 12.6. The minimum Gasteiger partial charge on any atom is -0.299 e. The van der Waals surface area contributed by atoms with Crippen molar-refractivity contribution >= 4 is 17.5 Å². The van der Waals surface area contributed by atoms with Crippen LogP contribution in [0.1, 0.15) is 77.6 Å². The van der Waals surface area contributed by atoms with Crippen LogP contribution in [0.3, 0.4) is 0 Å². The first kappa shape index (κ1) is 14.4. The molecule has 2 atom stereocenters. The van der Waals surface area contributed by atoms with Crippen LogP contribution in [-0.2, 0) is 4.79 Å². The Labute approximate surface area is 116 Å². The predicted octanol–water partition coefficient (Wildman–Crippen LogP) is 4.98. The van der Waals surface area contributed by atoms with Gasteiger partial charge in [0.25, 0.3) is 0 Å². The molecule has 0 radical (unpaired) electrons. The molecule has 2 heterocycles. The molecular formula is C16H28OS. The van der Waals surface area contributed by atoms with Gasteiger partial charge in [-0.1, -0.05) is 39.0 Å². The van der Waals surface area contributed by atoms with Gasteiger partial charge in [0.15, 0.2) is 0 Å². The summed E-state index contributed by atoms with van der Waals surface area (Å²) in [5.74, 6) is 1.01. The lowest BCUT2D eigenvalue weighted by Gasteiger charge is -2.38. The van der Waals surface area contributed by atoms with Crippen molar-refractivity contribution in [3.63, 3.8) is 0 Å². The van der Waals surface area contributed by atoms with Gasteiger partial charge in [0.1, 0.15) is 5.78 Å². The van der Waals surface area contributed by atoms with Crippen molar-refractivity contribution in [1.29, 1.82) is 0 Å². The number of fused-ring (bicyclic) bond motifs is 2. The van der Waals surface area contributed by atoms with E-state index in [1.807, 2.05) is 0 Å². The molecule has 0 aromatic heterocycles. The summed E-state index contributed by atoms with van der Waals surface area (Å²) in [6.07, 6.45) is 13.7. The van der Waals surface area contributed by atoms with Crippen LogP contribution in [0.4, 0.5) is 0 Å². The fraction of sp³-hybridized carbons (Fsp3) is 0.938. The molecule has 0 aliphatic carbocycles. The molecule has 0 amide bonds. The number of Topliss-reactive ketones (excluding diaryl/α,β-unsaturated/α-hetero) is 1. The van der Waals surface area contributed by atoms with E-state index in [9.17, 15) is 4.79 Å². The molecule has 1 nitrogen and oxygen atoms in total. The Balaban J connectivity index is 1.66. The van der Waals surface area contributed by atoms with E-state index in [1.54, 1.807) is 0 Å². The van der Waals surface area contributed by atoms with Crippen LogP contribution in [-0.4, -0.2) is 16.3 Å². The average Bonchev–Trinajstić information content (AvgIpc) is 2.38. The summed E-state index contributed by atoms with van der Waals surface area (Å²) in [6, 6.07) is 0. The monoisotopic (exact) mass is 268 g/mol. The van der Waals surface area contributed by atoms with E-state index in [4.69, 9.17) is 0 Å². The van der Waals surface area contributed by atoms with E-state index in [1.165, 1.54) is 57.8 Å². The first-order chi connectivity index (χ1) is 8.79. The second-order valence-corrected chi connectivity index (χ2v) is 7.72. The van der Waals surface area contributed by atoms with Crippen molar-refractivity contribution < 1.29 is 4.79 Å². The van der Waals surface area contributed by atoms with Gasteiger partial charge in [-0.2, -0.15) is 11.8 Å².